The molecule has 0 amide bonds. The minimum absolute atomic E-state index is 0.132. The Kier molecular flexibility index (Phi) is 3.49. The van der Waals surface area contributed by atoms with Crippen molar-refractivity contribution < 1.29 is 9.18 Å². The summed E-state index contributed by atoms with van der Waals surface area (Å²) >= 11 is 0. The zero-order valence-electron chi connectivity index (χ0n) is 12.2. The Hall–Kier alpha value is -2.17. The van der Waals surface area contributed by atoms with Gasteiger partial charge in [-0.3, -0.25) is 4.79 Å². The number of hydrogen-bond acceptors (Lipinski definition) is 3. The van der Waals surface area contributed by atoms with Crippen LogP contribution in [-0.4, -0.2) is 22.1 Å². The van der Waals surface area contributed by atoms with Crippen LogP contribution in [0.1, 0.15) is 36.3 Å². The normalized spacial score (nSPS) is 17.7. The predicted octanol–water partition coefficient (Wildman–Crippen LogP) is 3.21. The molecular weight excluding hydrogens is 269 g/mol. The Bertz CT molecular complexity index is 676. The summed E-state index contributed by atoms with van der Waals surface area (Å²) in [4.78, 5) is 12.3. The van der Waals surface area contributed by atoms with E-state index in [0.717, 1.165) is 17.8 Å². The number of benzene rings is 1. The van der Waals surface area contributed by atoms with Gasteiger partial charge in [0, 0.05) is 13.0 Å². The molecule has 0 unspecified atom stereocenters. The first-order valence-corrected chi connectivity index (χ1v) is 7.25. The Labute approximate surface area is 123 Å². The monoisotopic (exact) mass is 287 g/mol. The van der Waals surface area contributed by atoms with E-state index in [9.17, 15) is 9.18 Å². The van der Waals surface area contributed by atoms with Gasteiger partial charge < -0.3 is 5.32 Å². The van der Waals surface area contributed by atoms with Crippen LogP contribution in [0, 0.1) is 11.7 Å². The highest BCUT2D eigenvalue weighted by molar-refractivity contribution is 6.02. The fraction of sp³-hybridized carbons (Fsp3) is 0.375. The van der Waals surface area contributed by atoms with Crippen LogP contribution < -0.4 is 5.32 Å². The predicted molar refractivity (Wildman–Crippen MR) is 79.5 cm³/mol. The van der Waals surface area contributed by atoms with Gasteiger partial charge in [-0.25, -0.2) is 9.07 Å². The zero-order valence-corrected chi connectivity index (χ0v) is 12.2. The Balaban J connectivity index is 2.15. The number of Topliss-reactive ketones (excluding diaryl/α,β-unsaturated/α-hetero) is 1. The lowest BCUT2D eigenvalue weighted by molar-refractivity contribution is 0.0953. The minimum atomic E-state index is -0.281. The summed E-state index contributed by atoms with van der Waals surface area (Å²) in [6.45, 7) is 4.74. The SMILES string of the molecule is CCNc1nn(-c2ccc(F)cc2)c2c1C(=O)C[C@@H](C)C2. The van der Waals surface area contributed by atoms with E-state index in [-0.39, 0.29) is 11.6 Å². The number of halogens is 1. The highest BCUT2D eigenvalue weighted by atomic mass is 19.1. The van der Waals surface area contributed by atoms with Gasteiger partial charge in [0.2, 0.25) is 0 Å². The van der Waals surface area contributed by atoms with Crippen molar-refractivity contribution in [1.29, 1.82) is 0 Å². The molecule has 4 nitrogen and oxygen atoms in total. The summed E-state index contributed by atoms with van der Waals surface area (Å²) in [5.74, 6) is 0.785. The minimum Gasteiger partial charge on any atom is -0.368 e. The lowest BCUT2D eigenvalue weighted by Crippen LogP contribution is -2.20. The molecular formula is C16H18FN3O. The first-order chi connectivity index (χ1) is 10.1. The van der Waals surface area contributed by atoms with Crippen molar-refractivity contribution >= 4 is 11.6 Å². The standard InChI is InChI=1S/C16H18FN3O/c1-3-18-16-15-13(8-10(2)9-14(15)21)20(19-16)12-6-4-11(17)5-7-12/h4-7,10H,3,8-9H2,1-2H3,(H,18,19)/t10-/m0/s1. The fourth-order valence-corrected chi connectivity index (χ4v) is 2.84. The van der Waals surface area contributed by atoms with Crippen LogP contribution in [0.2, 0.25) is 0 Å². The molecule has 0 fully saturated rings. The van der Waals surface area contributed by atoms with E-state index in [2.05, 4.69) is 17.3 Å². The molecule has 2 aromatic rings. The molecule has 1 aromatic heterocycles. The number of carbonyl (C=O) groups excluding carboxylic acids is 1. The molecule has 1 atom stereocenters. The number of nitrogens with one attached hydrogen (secondary N) is 1. The maximum absolute atomic E-state index is 13.1. The third kappa shape index (κ3) is 2.44. The van der Waals surface area contributed by atoms with Crippen LogP contribution in [0.25, 0.3) is 5.69 Å². The lowest BCUT2D eigenvalue weighted by Gasteiger charge is -2.19. The van der Waals surface area contributed by atoms with Crippen LogP contribution >= 0.6 is 0 Å². The fourth-order valence-electron chi connectivity index (χ4n) is 2.84. The van der Waals surface area contributed by atoms with Gasteiger partial charge in [0.1, 0.15) is 5.82 Å². The molecule has 1 heterocycles. The van der Waals surface area contributed by atoms with Gasteiger partial charge in [0.15, 0.2) is 11.6 Å². The molecule has 0 saturated carbocycles. The van der Waals surface area contributed by atoms with Crippen LogP contribution in [-0.2, 0) is 6.42 Å². The molecule has 5 heteroatoms. The molecule has 1 aliphatic carbocycles. The molecule has 3 rings (SSSR count). The van der Waals surface area contributed by atoms with E-state index < -0.39 is 0 Å². The van der Waals surface area contributed by atoms with Crippen molar-refractivity contribution in [1.82, 2.24) is 9.78 Å². The summed E-state index contributed by atoms with van der Waals surface area (Å²) in [6.07, 6.45) is 1.36. The largest absolute Gasteiger partial charge is 0.368 e. The average Bonchev–Trinajstić information content (AvgIpc) is 2.79. The van der Waals surface area contributed by atoms with Crippen molar-refractivity contribution in [3.05, 3.63) is 41.3 Å². The molecule has 0 radical (unpaired) electrons. The zero-order chi connectivity index (χ0) is 15.0. The van der Waals surface area contributed by atoms with Gasteiger partial charge >= 0.3 is 0 Å². The number of rotatable bonds is 3. The summed E-state index contributed by atoms with van der Waals surface area (Å²) in [5.41, 5.74) is 2.39. The molecule has 21 heavy (non-hydrogen) atoms. The van der Waals surface area contributed by atoms with Crippen LogP contribution in [0.5, 0.6) is 0 Å². The number of ketones is 1. The summed E-state index contributed by atoms with van der Waals surface area (Å²) in [6, 6.07) is 6.18. The Morgan fingerprint density at radius 1 is 1.33 bits per heavy atom. The number of fused-ring (bicyclic) bond motifs is 1. The highest BCUT2D eigenvalue weighted by Crippen LogP contribution is 2.32. The number of carbonyl (C=O) groups is 1. The van der Waals surface area contributed by atoms with Gasteiger partial charge in [0.25, 0.3) is 0 Å². The second kappa shape index (κ2) is 5.31. The molecule has 0 spiro atoms. The molecule has 0 bridgehead atoms. The number of anilines is 1. The smallest absolute Gasteiger partial charge is 0.168 e. The van der Waals surface area contributed by atoms with E-state index >= 15 is 0 Å². The van der Waals surface area contributed by atoms with E-state index in [4.69, 9.17) is 0 Å². The van der Waals surface area contributed by atoms with Gasteiger partial charge in [-0.2, -0.15) is 0 Å². The Morgan fingerprint density at radius 3 is 2.71 bits per heavy atom. The molecule has 0 saturated heterocycles. The molecule has 1 N–H and O–H groups in total. The first-order valence-electron chi connectivity index (χ1n) is 7.25. The summed E-state index contributed by atoms with van der Waals surface area (Å²) in [7, 11) is 0. The quantitative estimate of drug-likeness (QED) is 0.943. The van der Waals surface area contributed by atoms with E-state index in [1.54, 1.807) is 16.8 Å². The number of nitrogens with zero attached hydrogens (tertiary/aromatic N) is 2. The van der Waals surface area contributed by atoms with E-state index in [0.29, 0.717) is 30.3 Å². The topological polar surface area (TPSA) is 46.9 Å². The van der Waals surface area contributed by atoms with Crippen LogP contribution in [0.4, 0.5) is 10.2 Å². The summed E-state index contributed by atoms with van der Waals surface area (Å²) in [5, 5.41) is 7.68. The summed E-state index contributed by atoms with van der Waals surface area (Å²) < 4.78 is 14.9. The Morgan fingerprint density at radius 2 is 2.05 bits per heavy atom. The van der Waals surface area contributed by atoms with Crippen LogP contribution in [0.15, 0.2) is 24.3 Å². The van der Waals surface area contributed by atoms with E-state index in [1.165, 1.54) is 12.1 Å². The van der Waals surface area contributed by atoms with Gasteiger partial charge in [-0.05, 0) is 43.5 Å². The maximum atomic E-state index is 13.1. The van der Waals surface area contributed by atoms with Crippen molar-refractivity contribution in [3.63, 3.8) is 0 Å². The molecule has 1 aliphatic rings. The second-order valence-corrected chi connectivity index (χ2v) is 5.53. The van der Waals surface area contributed by atoms with Crippen molar-refractivity contribution in [3.8, 4) is 5.69 Å². The van der Waals surface area contributed by atoms with Crippen molar-refractivity contribution in [2.45, 2.75) is 26.7 Å². The first kappa shape index (κ1) is 13.8. The third-order valence-corrected chi connectivity index (χ3v) is 3.75. The second-order valence-electron chi connectivity index (χ2n) is 5.53. The van der Waals surface area contributed by atoms with Crippen LogP contribution in [0.3, 0.4) is 0 Å². The maximum Gasteiger partial charge on any atom is 0.168 e. The highest BCUT2D eigenvalue weighted by Gasteiger charge is 2.30. The van der Waals surface area contributed by atoms with E-state index in [1.807, 2.05) is 6.92 Å². The van der Waals surface area contributed by atoms with Gasteiger partial charge in [0.05, 0.1) is 16.9 Å². The van der Waals surface area contributed by atoms with Gasteiger partial charge in [-0.15, -0.1) is 5.10 Å². The third-order valence-electron chi connectivity index (χ3n) is 3.75. The van der Waals surface area contributed by atoms with Crippen molar-refractivity contribution in [2.24, 2.45) is 5.92 Å². The average molecular weight is 287 g/mol. The van der Waals surface area contributed by atoms with Crippen molar-refractivity contribution in [2.75, 3.05) is 11.9 Å². The molecule has 110 valence electrons. The van der Waals surface area contributed by atoms with Gasteiger partial charge in [-0.1, -0.05) is 6.92 Å². The lowest BCUT2D eigenvalue weighted by atomic mass is 9.88. The number of hydrogen-bond donors (Lipinski definition) is 1. The molecule has 1 aromatic carbocycles. The molecule has 0 aliphatic heterocycles. The number of aromatic nitrogens is 2.